The number of anilines is 1. The molecular weight excluding hydrogens is 286 g/mol. The maximum atomic E-state index is 6.22. The molecule has 0 bridgehead atoms. The molecule has 0 saturated carbocycles. The Labute approximate surface area is 112 Å². The lowest BCUT2D eigenvalue weighted by Crippen LogP contribution is -2.24. The Kier molecular flexibility index (Phi) is 6.22. The van der Waals surface area contributed by atoms with E-state index in [1.807, 2.05) is 0 Å². The number of rotatable bonds is 6. The van der Waals surface area contributed by atoms with Crippen LogP contribution in [0.25, 0.3) is 0 Å². The average molecular weight is 305 g/mol. The SMILES string of the molecule is CCCN(CCC)c1ccc(CBr)c(Cl)c1. The molecule has 3 heteroatoms. The van der Waals surface area contributed by atoms with E-state index in [4.69, 9.17) is 11.6 Å². The Morgan fingerprint density at radius 3 is 2.25 bits per heavy atom. The first-order valence-corrected chi connectivity index (χ1v) is 7.32. The fraction of sp³-hybridized carbons (Fsp3) is 0.538. The molecule has 0 radical (unpaired) electrons. The molecule has 0 atom stereocenters. The van der Waals surface area contributed by atoms with Gasteiger partial charge in [-0.2, -0.15) is 0 Å². The zero-order chi connectivity index (χ0) is 12.0. The van der Waals surface area contributed by atoms with Gasteiger partial charge < -0.3 is 4.90 Å². The smallest absolute Gasteiger partial charge is 0.0467 e. The molecule has 90 valence electrons. The topological polar surface area (TPSA) is 3.24 Å². The molecule has 0 aromatic heterocycles. The molecular formula is C13H19BrClN. The standard InChI is InChI=1S/C13H19BrClN/c1-3-7-16(8-4-2)12-6-5-11(10-14)13(15)9-12/h5-6,9H,3-4,7-8,10H2,1-2H3. The normalized spacial score (nSPS) is 10.5. The van der Waals surface area contributed by atoms with E-state index in [0.717, 1.165) is 41.8 Å². The van der Waals surface area contributed by atoms with Crippen LogP contribution in [0.3, 0.4) is 0 Å². The third-order valence-electron chi connectivity index (χ3n) is 2.53. The first-order valence-electron chi connectivity index (χ1n) is 5.82. The molecule has 0 amide bonds. The fourth-order valence-corrected chi connectivity index (χ4v) is 2.64. The highest BCUT2D eigenvalue weighted by Gasteiger charge is 2.06. The highest BCUT2D eigenvalue weighted by Crippen LogP contribution is 2.25. The maximum Gasteiger partial charge on any atom is 0.0467 e. The van der Waals surface area contributed by atoms with E-state index in [1.54, 1.807) is 0 Å². The van der Waals surface area contributed by atoms with Crippen molar-refractivity contribution in [2.45, 2.75) is 32.0 Å². The van der Waals surface area contributed by atoms with E-state index < -0.39 is 0 Å². The van der Waals surface area contributed by atoms with Crippen molar-refractivity contribution < 1.29 is 0 Å². The highest BCUT2D eigenvalue weighted by atomic mass is 79.9. The molecule has 0 saturated heterocycles. The molecule has 0 spiro atoms. The number of alkyl halides is 1. The zero-order valence-electron chi connectivity index (χ0n) is 9.97. The van der Waals surface area contributed by atoms with Crippen molar-refractivity contribution in [3.63, 3.8) is 0 Å². The van der Waals surface area contributed by atoms with E-state index in [9.17, 15) is 0 Å². The van der Waals surface area contributed by atoms with Crippen LogP contribution in [-0.4, -0.2) is 13.1 Å². The van der Waals surface area contributed by atoms with Gasteiger partial charge >= 0.3 is 0 Å². The Hall–Kier alpha value is -0.210. The molecule has 0 heterocycles. The number of hydrogen-bond acceptors (Lipinski definition) is 1. The lowest BCUT2D eigenvalue weighted by atomic mass is 10.2. The summed E-state index contributed by atoms with van der Waals surface area (Å²) in [6.45, 7) is 6.60. The Balaban J connectivity index is 2.87. The summed E-state index contributed by atoms with van der Waals surface area (Å²) in [5, 5.41) is 1.67. The summed E-state index contributed by atoms with van der Waals surface area (Å²) in [5.41, 5.74) is 2.39. The van der Waals surface area contributed by atoms with Gasteiger partial charge in [0.1, 0.15) is 0 Å². The first kappa shape index (κ1) is 13.9. The molecule has 0 fully saturated rings. The van der Waals surface area contributed by atoms with Crippen molar-refractivity contribution in [2.75, 3.05) is 18.0 Å². The van der Waals surface area contributed by atoms with Gasteiger partial charge in [0, 0.05) is 29.1 Å². The monoisotopic (exact) mass is 303 g/mol. The van der Waals surface area contributed by atoms with Gasteiger partial charge in [-0.25, -0.2) is 0 Å². The quantitative estimate of drug-likeness (QED) is 0.678. The average Bonchev–Trinajstić information content (AvgIpc) is 2.28. The van der Waals surface area contributed by atoms with Crippen LogP contribution >= 0.6 is 27.5 Å². The summed E-state index contributed by atoms with van der Waals surface area (Å²) in [6.07, 6.45) is 2.33. The summed E-state index contributed by atoms with van der Waals surface area (Å²) in [5.74, 6) is 0. The maximum absolute atomic E-state index is 6.22. The van der Waals surface area contributed by atoms with Crippen molar-refractivity contribution in [3.8, 4) is 0 Å². The van der Waals surface area contributed by atoms with Crippen LogP contribution in [0.15, 0.2) is 18.2 Å². The Morgan fingerprint density at radius 2 is 1.81 bits per heavy atom. The minimum Gasteiger partial charge on any atom is -0.372 e. The number of nitrogens with zero attached hydrogens (tertiary/aromatic N) is 1. The van der Waals surface area contributed by atoms with Gasteiger partial charge in [0.15, 0.2) is 0 Å². The van der Waals surface area contributed by atoms with E-state index in [2.05, 4.69) is 52.9 Å². The van der Waals surface area contributed by atoms with E-state index in [0.29, 0.717) is 0 Å². The predicted octanol–water partition coefficient (Wildman–Crippen LogP) is 4.86. The summed E-state index contributed by atoms with van der Waals surface area (Å²) >= 11 is 9.65. The van der Waals surface area contributed by atoms with Gasteiger partial charge in [-0.05, 0) is 30.5 Å². The van der Waals surface area contributed by atoms with Crippen LogP contribution in [0.2, 0.25) is 5.02 Å². The first-order chi connectivity index (χ1) is 7.72. The van der Waals surface area contributed by atoms with Crippen molar-refractivity contribution in [3.05, 3.63) is 28.8 Å². The van der Waals surface area contributed by atoms with Crippen LogP contribution < -0.4 is 4.90 Å². The third kappa shape index (κ3) is 3.67. The third-order valence-corrected chi connectivity index (χ3v) is 3.49. The van der Waals surface area contributed by atoms with Gasteiger partial charge in [0.25, 0.3) is 0 Å². The minimum absolute atomic E-state index is 0.813. The molecule has 1 rings (SSSR count). The van der Waals surface area contributed by atoms with Gasteiger partial charge in [-0.1, -0.05) is 47.4 Å². The van der Waals surface area contributed by atoms with Crippen LogP contribution in [0, 0.1) is 0 Å². The summed E-state index contributed by atoms with van der Waals surface area (Å²) in [6, 6.07) is 6.34. The molecule has 0 aliphatic carbocycles. The number of hydrogen-bond donors (Lipinski definition) is 0. The number of halogens is 2. The van der Waals surface area contributed by atoms with Crippen LogP contribution in [0.1, 0.15) is 32.3 Å². The molecule has 0 N–H and O–H groups in total. The van der Waals surface area contributed by atoms with Crippen molar-refractivity contribution in [1.29, 1.82) is 0 Å². The minimum atomic E-state index is 0.813. The van der Waals surface area contributed by atoms with E-state index >= 15 is 0 Å². The van der Waals surface area contributed by atoms with Crippen LogP contribution in [-0.2, 0) is 5.33 Å². The summed E-state index contributed by atoms with van der Waals surface area (Å²) in [4.78, 5) is 2.39. The second-order valence-corrected chi connectivity index (χ2v) is 4.86. The van der Waals surface area contributed by atoms with Gasteiger partial charge in [0.2, 0.25) is 0 Å². The molecule has 1 aromatic rings. The summed E-state index contributed by atoms with van der Waals surface area (Å²) in [7, 11) is 0. The molecule has 0 aliphatic rings. The lowest BCUT2D eigenvalue weighted by Gasteiger charge is -2.24. The zero-order valence-corrected chi connectivity index (χ0v) is 12.3. The van der Waals surface area contributed by atoms with Crippen LogP contribution in [0.5, 0.6) is 0 Å². The Bertz CT molecular complexity index is 322. The second kappa shape index (κ2) is 7.18. The highest BCUT2D eigenvalue weighted by molar-refractivity contribution is 9.08. The fourth-order valence-electron chi connectivity index (χ4n) is 1.75. The molecule has 0 unspecified atom stereocenters. The van der Waals surface area contributed by atoms with Crippen molar-refractivity contribution in [1.82, 2.24) is 0 Å². The largest absolute Gasteiger partial charge is 0.372 e. The lowest BCUT2D eigenvalue weighted by molar-refractivity contribution is 0.745. The molecule has 1 nitrogen and oxygen atoms in total. The van der Waals surface area contributed by atoms with E-state index in [-0.39, 0.29) is 0 Å². The Morgan fingerprint density at radius 1 is 1.19 bits per heavy atom. The van der Waals surface area contributed by atoms with Crippen molar-refractivity contribution >= 4 is 33.2 Å². The predicted molar refractivity (Wildman–Crippen MR) is 76.9 cm³/mol. The van der Waals surface area contributed by atoms with Crippen LogP contribution in [0.4, 0.5) is 5.69 Å². The van der Waals surface area contributed by atoms with Gasteiger partial charge in [0.05, 0.1) is 0 Å². The molecule has 16 heavy (non-hydrogen) atoms. The van der Waals surface area contributed by atoms with Crippen molar-refractivity contribution in [2.24, 2.45) is 0 Å². The second-order valence-electron chi connectivity index (χ2n) is 3.90. The van der Waals surface area contributed by atoms with Gasteiger partial charge in [-0.3, -0.25) is 0 Å². The summed E-state index contributed by atoms with van der Waals surface area (Å²) < 4.78 is 0. The molecule has 0 aliphatic heterocycles. The van der Waals surface area contributed by atoms with Gasteiger partial charge in [-0.15, -0.1) is 0 Å². The number of benzene rings is 1. The van der Waals surface area contributed by atoms with E-state index in [1.165, 1.54) is 5.69 Å². The molecule has 1 aromatic carbocycles.